The van der Waals surface area contributed by atoms with Crippen molar-refractivity contribution in [3.05, 3.63) is 35.4 Å². The Morgan fingerprint density at radius 2 is 1.80 bits per heavy atom. The molecule has 1 heteroatoms. The molecule has 1 N–H and O–H groups in total. The van der Waals surface area contributed by atoms with Crippen molar-refractivity contribution in [2.24, 2.45) is 5.92 Å². The van der Waals surface area contributed by atoms with Crippen LogP contribution in [0.15, 0.2) is 24.3 Å². The van der Waals surface area contributed by atoms with E-state index in [1.807, 2.05) is 0 Å². The van der Waals surface area contributed by atoms with E-state index in [0.29, 0.717) is 6.04 Å². The van der Waals surface area contributed by atoms with Crippen LogP contribution in [-0.2, 0) is 12.8 Å². The predicted octanol–water partition coefficient (Wildman–Crippen LogP) is 2.79. The molecule has 1 aromatic carbocycles. The normalized spacial score (nSPS) is 15.9. The summed E-state index contributed by atoms with van der Waals surface area (Å²) in [5.41, 5.74) is 3.15. The zero-order chi connectivity index (χ0) is 10.7. The third-order valence-corrected chi connectivity index (χ3v) is 3.24. The van der Waals surface area contributed by atoms with E-state index >= 15 is 0 Å². The van der Waals surface area contributed by atoms with Gasteiger partial charge < -0.3 is 5.32 Å². The Hall–Kier alpha value is -0.820. The molecule has 1 aliphatic carbocycles. The molecule has 82 valence electrons. The molecule has 15 heavy (non-hydrogen) atoms. The van der Waals surface area contributed by atoms with E-state index in [-0.39, 0.29) is 0 Å². The highest BCUT2D eigenvalue weighted by Gasteiger charge is 2.20. The van der Waals surface area contributed by atoms with E-state index in [9.17, 15) is 0 Å². The lowest BCUT2D eigenvalue weighted by Gasteiger charge is -2.11. The maximum absolute atomic E-state index is 3.50. The Balaban J connectivity index is 1.80. The fourth-order valence-electron chi connectivity index (χ4n) is 2.43. The lowest BCUT2D eigenvalue weighted by molar-refractivity contribution is 0.466. The van der Waals surface area contributed by atoms with Gasteiger partial charge in [-0.05, 0) is 42.9 Å². The largest absolute Gasteiger partial charge is 0.315 e. The van der Waals surface area contributed by atoms with Gasteiger partial charge in [-0.2, -0.15) is 0 Å². The summed E-state index contributed by atoms with van der Waals surface area (Å²) >= 11 is 0. The minimum absolute atomic E-state index is 0.619. The van der Waals surface area contributed by atoms with E-state index in [1.54, 1.807) is 11.1 Å². The third-order valence-electron chi connectivity index (χ3n) is 3.24. The minimum Gasteiger partial charge on any atom is -0.315 e. The Kier molecular flexibility index (Phi) is 3.42. The van der Waals surface area contributed by atoms with Crippen molar-refractivity contribution < 1.29 is 0 Å². The summed E-state index contributed by atoms with van der Waals surface area (Å²) in [4.78, 5) is 0. The molecular weight excluding hydrogens is 182 g/mol. The van der Waals surface area contributed by atoms with Crippen LogP contribution in [0.2, 0.25) is 0 Å². The highest BCUT2D eigenvalue weighted by molar-refractivity contribution is 5.31. The Morgan fingerprint density at radius 1 is 1.20 bits per heavy atom. The molecule has 0 saturated carbocycles. The topological polar surface area (TPSA) is 12.0 Å². The third kappa shape index (κ3) is 2.82. The highest BCUT2D eigenvalue weighted by atomic mass is 14.9. The van der Waals surface area contributed by atoms with Gasteiger partial charge in [0.05, 0.1) is 0 Å². The van der Waals surface area contributed by atoms with Gasteiger partial charge in [-0.3, -0.25) is 0 Å². The molecule has 1 nitrogen and oxygen atoms in total. The summed E-state index contributed by atoms with van der Waals surface area (Å²) in [5, 5.41) is 3.50. The number of benzene rings is 1. The summed E-state index contributed by atoms with van der Waals surface area (Å²) < 4.78 is 0. The van der Waals surface area contributed by atoms with Gasteiger partial charge in [-0.25, -0.2) is 0 Å². The maximum atomic E-state index is 3.50. The molecule has 0 bridgehead atoms. The molecule has 0 aliphatic heterocycles. The van der Waals surface area contributed by atoms with Gasteiger partial charge in [0.25, 0.3) is 0 Å². The van der Waals surface area contributed by atoms with Crippen LogP contribution in [0.5, 0.6) is 0 Å². The van der Waals surface area contributed by atoms with Crippen LogP contribution >= 0.6 is 0 Å². The maximum Gasteiger partial charge on any atom is 0.00103 e. The van der Waals surface area contributed by atoms with Gasteiger partial charge in [0.2, 0.25) is 0 Å². The molecule has 0 radical (unpaired) electrons. The average Bonchev–Trinajstić information content (AvgIpc) is 2.59. The van der Waals surface area contributed by atoms with Crippen LogP contribution in [0.4, 0.5) is 0 Å². The average molecular weight is 203 g/mol. The van der Waals surface area contributed by atoms with Crippen molar-refractivity contribution in [1.82, 2.24) is 5.32 Å². The van der Waals surface area contributed by atoms with E-state index < -0.39 is 0 Å². The first-order chi connectivity index (χ1) is 7.25. The SMILES string of the molecule is CC(C)NCCC1Cc2ccccc2C1. The molecule has 0 unspecified atom stereocenters. The van der Waals surface area contributed by atoms with Crippen LogP contribution in [0.3, 0.4) is 0 Å². The van der Waals surface area contributed by atoms with Crippen molar-refractivity contribution in [2.45, 2.75) is 39.2 Å². The molecule has 0 saturated heterocycles. The van der Waals surface area contributed by atoms with Gasteiger partial charge in [0.1, 0.15) is 0 Å². The highest BCUT2D eigenvalue weighted by Crippen LogP contribution is 2.28. The summed E-state index contributed by atoms with van der Waals surface area (Å²) in [6.45, 7) is 5.59. The van der Waals surface area contributed by atoms with Crippen LogP contribution in [0, 0.1) is 5.92 Å². The van der Waals surface area contributed by atoms with Crippen LogP contribution in [0.1, 0.15) is 31.4 Å². The molecular formula is C14H21N. The molecule has 0 heterocycles. The van der Waals surface area contributed by atoms with Gasteiger partial charge in [-0.1, -0.05) is 38.1 Å². The number of nitrogens with one attached hydrogen (secondary N) is 1. The molecule has 0 atom stereocenters. The summed E-state index contributed by atoms with van der Waals surface area (Å²) in [5.74, 6) is 0.869. The van der Waals surface area contributed by atoms with E-state index in [4.69, 9.17) is 0 Å². The zero-order valence-electron chi connectivity index (χ0n) is 9.79. The second-order valence-electron chi connectivity index (χ2n) is 4.94. The number of fused-ring (bicyclic) bond motifs is 1. The number of rotatable bonds is 4. The fourth-order valence-corrected chi connectivity index (χ4v) is 2.43. The van der Waals surface area contributed by atoms with Gasteiger partial charge in [-0.15, -0.1) is 0 Å². The van der Waals surface area contributed by atoms with Crippen molar-refractivity contribution in [3.8, 4) is 0 Å². The molecule has 0 amide bonds. The van der Waals surface area contributed by atoms with E-state index in [1.165, 1.54) is 19.3 Å². The lowest BCUT2D eigenvalue weighted by Crippen LogP contribution is -2.25. The molecule has 2 rings (SSSR count). The van der Waals surface area contributed by atoms with Gasteiger partial charge in [0.15, 0.2) is 0 Å². The van der Waals surface area contributed by atoms with Crippen molar-refractivity contribution >= 4 is 0 Å². The molecule has 0 spiro atoms. The monoisotopic (exact) mass is 203 g/mol. The molecule has 1 aromatic rings. The predicted molar refractivity (Wildman–Crippen MR) is 65.1 cm³/mol. The Morgan fingerprint density at radius 3 is 2.33 bits per heavy atom. The van der Waals surface area contributed by atoms with Crippen molar-refractivity contribution in [3.63, 3.8) is 0 Å². The summed E-state index contributed by atoms with van der Waals surface area (Å²) in [6.07, 6.45) is 3.89. The van der Waals surface area contributed by atoms with Crippen LogP contribution < -0.4 is 5.32 Å². The first-order valence-electron chi connectivity index (χ1n) is 6.06. The fraction of sp³-hybridized carbons (Fsp3) is 0.571. The number of hydrogen-bond donors (Lipinski definition) is 1. The molecule has 0 aromatic heterocycles. The van der Waals surface area contributed by atoms with Gasteiger partial charge >= 0.3 is 0 Å². The molecule has 0 fully saturated rings. The quantitative estimate of drug-likeness (QED) is 0.793. The van der Waals surface area contributed by atoms with Gasteiger partial charge in [0, 0.05) is 6.04 Å². The van der Waals surface area contributed by atoms with Crippen molar-refractivity contribution in [1.29, 1.82) is 0 Å². The Labute approximate surface area is 92.9 Å². The molecule has 1 aliphatic rings. The van der Waals surface area contributed by atoms with E-state index in [2.05, 4.69) is 43.4 Å². The Bertz CT molecular complexity index is 292. The first-order valence-corrected chi connectivity index (χ1v) is 6.06. The van der Waals surface area contributed by atoms with Crippen LogP contribution in [-0.4, -0.2) is 12.6 Å². The summed E-state index contributed by atoms with van der Waals surface area (Å²) in [7, 11) is 0. The minimum atomic E-state index is 0.619. The smallest absolute Gasteiger partial charge is 0.00103 e. The van der Waals surface area contributed by atoms with Crippen LogP contribution in [0.25, 0.3) is 0 Å². The van der Waals surface area contributed by atoms with Crippen molar-refractivity contribution in [2.75, 3.05) is 6.54 Å². The summed E-state index contributed by atoms with van der Waals surface area (Å²) in [6, 6.07) is 9.51. The second-order valence-corrected chi connectivity index (χ2v) is 4.94. The zero-order valence-corrected chi connectivity index (χ0v) is 9.79. The first kappa shape index (κ1) is 10.7. The number of hydrogen-bond acceptors (Lipinski definition) is 1. The van der Waals surface area contributed by atoms with E-state index in [0.717, 1.165) is 12.5 Å². The lowest BCUT2D eigenvalue weighted by atomic mass is 10.0. The second kappa shape index (κ2) is 4.80. The standard InChI is InChI=1S/C14H21N/c1-11(2)15-8-7-12-9-13-5-3-4-6-14(13)10-12/h3-6,11-12,15H,7-10H2,1-2H3.